The fraction of sp³-hybridized carbons (Fsp3) is 0.250. The van der Waals surface area contributed by atoms with Crippen molar-refractivity contribution in [2.75, 3.05) is 5.73 Å². The van der Waals surface area contributed by atoms with Crippen LogP contribution in [0.2, 0.25) is 0 Å². The zero-order chi connectivity index (χ0) is 14.0. The fourth-order valence-electron chi connectivity index (χ4n) is 1.56. The Morgan fingerprint density at radius 2 is 2.11 bits per heavy atom. The lowest BCUT2D eigenvalue weighted by Crippen LogP contribution is -1.99. The van der Waals surface area contributed by atoms with Gasteiger partial charge in [0.2, 0.25) is 0 Å². The summed E-state index contributed by atoms with van der Waals surface area (Å²) in [6.45, 7) is 3.98. The molecule has 7 nitrogen and oxygen atoms in total. The average molecular weight is 262 g/mol. The first-order valence-electron chi connectivity index (χ1n) is 5.72. The van der Waals surface area contributed by atoms with Crippen molar-refractivity contribution in [3.63, 3.8) is 0 Å². The molecule has 0 bridgehead atoms. The van der Waals surface area contributed by atoms with Crippen LogP contribution in [0.3, 0.4) is 0 Å². The molecule has 2 rings (SSSR count). The van der Waals surface area contributed by atoms with E-state index in [4.69, 9.17) is 10.5 Å². The first-order chi connectivity index (χ1) is 8.95. The Balaban J connectivity index is 2.24. The summed E-state index contributed by atoms with van der Waals surface area (Å²) >= 11 is 0. The van der Waals surface area contributed by atoms with E-state index in [0.717, 1.165) is 0 Å². The molecule has 0 atom stereocenters. The van der Waals surface area contributed by atoms with Gasteiger partial charge in [0, 0.05) is 23.9 Å². The van der Waals surface area contributed by atoms with Crippen LogP contribution in [0.4, 0.5) is 11.4 Å². The molecule has 0 aliphatic heterocycles. The monoisotopic (exact) mass is 262 g/mol. The molecule has 0 saturated carbocycles. The topological polar surface area (TPSA) is 96.2 Å². The van der Waals surface area contributed by atoms with E-state index >= 15 is 0 Å². The highest BCUT2D eigenvalue weighted by molar-refractivity contribution is 5.54. The van der Waals surface area contributed by atoms with E-state index in [9.17, 15) is 10.1 Å². The summed E-state index contributed by atoms with van der Waals surface area (Å²) in [5, 5.41) is 14.8. The van der Waals surface area contributed by atoms with Crippen molar-refractivity contribution >= 4 is 11.4 Å². The molecule has 0 radical (unpaired) electrons. The summed E-state index contributed by atoms with van der Waals surface area (Å²) in [6.07, 6.45) is 3.27. The first kappa shape index (κ1) is 12.9. The fourth-order valence-corrected chi connectivity index (χ4v) is 1.56. The van der Waals surface area contributed by atoms with Crippen LogP contribution < -0.4 is 10.5 Å². The molecule has 7 heteroatoms. The van der Waals surface area contributed by atoms with Gasteiger partial charge < -0.3 is 10.5 Å². The maximum Gasteiger partial charge on any atom is 0.275 e. The van der Waals surface area contributed by atoms with E-state index in [1.165, 1.54) is 18.2 Å². The van der Waals surface area contributed by atoms with E-state index < -0.39 is 4.92 Å². The molecule has 0 aliphatic rings. The van der Waals surface area contributed by atoms with Crippen LogP contribution in [0.5, 0.6) is 11.5 Å². The SMILES string of the molecule is CC(C)n1cc(Oc2cc(N)cc([N+](=O)[O-])c2)cn1. The predicted molar refractivity (Wildman–Crippen MR) is 70.2 cm³/mol. The Bertz CT molecular complexity index is 607. The molecule has 2 aromatic rings. The normalized spacial score (nSPS) is 10.7. The third-order valence-corrected chi connectivity index (χ3v) is 2.47. The Morgan fingerprint density at radius 3 is 2.68 bits per heavy atom. The quantitative estimate of drug-likeness (QED) is 0.519. The molecule has 0 spiro atoms. The molecule has 1 heterocycles. The van der Waals surface area contributed by atoms with Crippen LogP contribution >= 0.6 is 0 Å². The predicted octanol–water partition coefficient (Wildman–Crippen LogP) is 2.75. The first-order valence-corrected chi connectivity index (χ1v) is 5.72. The van der Waals surface area contributed by atoms with E-state index in [2.05, 4.69) is 5.10 Å². The van der Waals surface area contributed by atoms with Gasteiger partial charge in [-0.1, -0.05) is 0 Å². The molecule has 1 aromatic heterocycles. The van der Waals surface area contributed by atoms with Crippen LogP contribution in [-0.2, 0) is 0 Å². The largest absolute Gasteiger partial charge is 0.454 e. The third kappa shape index (κ3) is 3.01. The minimum Gasteiger partial charge on any atom is -0.454 e. The maximum absolute atomic E-state index is 10.7. The maximum atomic E-state index is 10.7. The van der Waals surface area contributed by atoms with E-state index in [1.54, 1.807) is 17.1 Å². The van der Waals surface area contributed by atoms with Crippen LogP contribution in [0.15, 0.2) is 30.6 Å². The lowest BCUT2D eigenvalue weighted by Gasteiger charge is -2.05. The van der Waals surface area contributed by atoms with Gasteiger partial charge in [0.25, 0.3) is 5.69 Å². The number of nitrogens with two attached hydrogens (primary N) is 1. The van der Waals surface area contributed by atoms with Crippen LogP contribution in [0.1, 0.15) is 19.9 Å². The van der Waals surface area contributed by atoms with Crippen LogP contribution in [-0.4, -0.2) is 14.7 Å². The second-order valence-electron chi connectivity index (χ2n) is 4.37. The molecule has 0 saturated heterocycles. The Kier molecular flexibility index (Phi) is 3.37. The zero-order valence-electron chi connectivity index (χ0n) is 10.6. The van der Waals surface area contributed by atoms with Gasteiger partial charge in [0.05, 0.1) is 23.4 Å². The molecule has 0 aliphatic carbocycles. The van der Waals surface area contributed by atoms with E-state index in [1.807, 2.05) is 13.8 Å². The molecule has 0 unspecified atom stereocenters. The van der Waals surface area contributed by atoms with Gasteiger partial charge in [0.15, 0.2) is 5.75 Å². The van der Waals surface area contributed by atoms with Gasteiger partial charge in [0.1, 0.15) is 5.75 Å². The minimum absolute atomic E-state index is 0.105. The van der Waals surface area contributed by atoms with Gasteiger partial charge in [-0.2, -0.15) is 5.10 Å². The summed E-state index contributed by atoms with van der Waals surface area (Å²) in [4.78, 5) is 10.2. The van der Waals surface area contributed by atoms with Crippen molar-refractivity contribution in [3.05, 3.63) is 40.7 Å². The number of ether oxygens (including phenoxy) is 1. The Hall–Kier alpha value is -2.57. The standard InChI is InChI=1S/C12H14N4O3/c1-8(2)15-7-12(6-14-15)19-11-4-9(13)3-10(5-11)16(17)18/h3-8H,13H2,1-2H3. The van der Waals surface area contributed by atoms with Crippen molar-refractivity contribution in [1.82, 2.24) is 9.78 Å². The summed E-state index contributed by atoms with van der Waals surface area (Å²) in [5.74, 6) is 0.823. The zero-order valence-corrected chi connectivity index (χ0v) is 10.6. The molecule has 100 valence electrons. The molecule has 0 amide bonds. The third-order valence-electron chi connectivity index (χ3n) is 2.47. The molecule has 0 fully saturated rings. The average Bonchev–Trinajstić information content (AvgIpc) is 2.76. The summed E-state index contributed by atoms with van der Waals surface area (Å²) < 4.78 is 7.25. The number of nitrogens with zero attached hydrogens (tertiary/aromatic N) is 3. The lowest BCUT2D eigenvalue weighted by atomic mass is 10.2. The molecular weight excluding hydrogens is 248 g/mol. The number of nitro groups is 1. The van der Waals surface area contributed by atoms with Gasteiger partial charge in [-0.15, -0.1) is 0 Å². The van der Waals surface area contributed by atoms with Gasteiger partial charge in [-0.05, 0) is 13.8 Å². The van der Waals surface area contributed by atoms with Gasteiger partial charge in [-0.3, -0.25) is 14.8 Å². The van der Waals surface area contributed by atoms with Crippen molar-refractivity contribution in [3.8, 4) is 11.5 Å². The number of non-ortho nitro benzene ring substituents is 1. The Morgan fingerprint density at radius 1 is 1.37 bits per heavy atom. The second-order valence-corrected chi connectivity index (χ2v) is 4.37. The molecule has 1 aromatic carbocycles. The highest BCUT2D eigenvalue weighted by atomic mass is 16.6. The van der Waals surface area contributed by atoms with Crippen molar-refractivity contribution in [2.24, 2.45) is 0 Å². The van der Waals surface area contributed by atoms with E-state index in [0.29, 0.717) is 11.5 Å². The summed E-state index contributed by atoms with van der Waals surface area (Å²) in [5.41, 5.74) is 5.77. The summed E-state index contributed by atoms with van der Waals surface area (Å²) in [6, 6.07) is 4.35. The summed E-state index contributed by atoms with van der Waals surface area (Å²) in [7, 11) is 0. The lowest BCUT2D eigenvalue weighted by molar-refractivity contribution is -0.384. The van der Waals surface area contributed by atoms with Crippen molar-refractivity contribution in [1.29, 1.82) is 0 Å². The Labute approximate surface area is 109 Å². The highest BCUT2D eigenvalue weighted by Crippen LogP contribution is 2.28. The number of hydrogen-bond acceptors (Lipinski definition) is 5. The molecular formula is C12H14N4O3. The highest BCUT2D eigenvalue weighted by Gasteiger charge is 2.11. The smallest absolute Gasteiger partial charge is 0.275 e. The van der Waals surface area contributed by atoms with Crippen molar-refractivity contribution < 1.29 is 9.66 Å². The number of rotatable bonds is 4. The number of aromatic nitrogens is 2. The van der Waals surface area contributed by atoms with E-state index in [-0.39, 0.29) is 17.4 Å². The van der Waals surface area contributed by atoms with Gasteiger partial charge >= 0.3 is 0 Å². The van der Waals surface area contributed by atoms with Crippen molar-refractivity contribution in [2.45, 2.75) is 19.9 Å². The number of nitrogen functional groups attached to an aromatic ring is 1. The number of hydrogen-bond donors (Lipinski definition) is 1. The number of nitro benzene ring substituents is 1. The van der Waals surface area contributed by atoms with Crippen LogP contribution in [0.25, 0.3) is 0 Å². The number of benzene rings is 1. The minimum atomic E-state index is -0.513. The number of anilines is 1. The molecule has 2 N–H and O–H groups in total. The van der Waals surface area contributed by atoms with Gasteiger partial charge in [-0.25, -0.2) is 0 Å². The molecule has 19 heavy (non-hydrogen) atoms. The second kappa shape index (κ2) is 4.97. The van der Waals surface area contributed by atoms with Crippen LogP contribution in [0, 0.1) is 10.1 Å².